The molecule has 0 saturated heterocycles. The molecule has 0 bridgehead atoms. The second kappa shape index (κ2) is 9.50. The molecular weight excluding hydrogens is 336 g/mol. The molecule has 2 aromatic rings. The number of ether oxygens (including phenoxy) is 1. The Kier molecular flexibility index (Phi) is 6.80. The van der Waals surface area contributed by atoms with Gasteiger partial charge in [0.15, 0.2) is 11.6 Å². The molecule has 0 radical (unpaired) electrons. The van der Waals surface area contributed by atoms with Crippen LogP contribution in [-0.4, -0.2) is 18.2 Å². The first-order valence-electron chi connectivity index (χ1n) is 10.2. The van der Waals surface area contributed by atoms with Crippen LogP contribution in [0.15, 0.2) is 42.5 Å². The number of hydrogen-bond acceptors (Lipinski definition) is 3. The Morgan fingerprint density at radius 3 is 1.96 bits per heavy atom. The van der Waals surface area contributed by atoms with E-state index in [2.05, 4.69) is 6.92 Å². The van der Waals surface area contributed by atoms with Gasteiger partial charge >= 0.3 is 0 Å². The maximum absolute atomic E-state index is 12.9. The number of unbranched alkanes of at least 4 members (excludes halogenated alkanes) is 7. The van der Waals surface area contributed by atoms with Crippen LogP contribution < -0.4 is 4.74 Å². The third-order valence-corrected chi connectivity index (χ3v) is 5.17. The van der Waals surface area contributed by atoms with Gasteiger partial charge in [-0.25, -0.2) is 0 Å². The largest absolute Gasteiger partial charge is 0.493 e. The summed E-state index contributed by atoms with van der Waals surface area (Å²) in [7, 11) is 0. The molecule has 0 saturated carbocycles. The predicted molar refractivity (Wildman–Crippen MR) is 108 cm³/mol. The lowest BCUT2D eigenvalue weighted by Gasteiger charge is -2.20. The number of carbonyl (C=O) groups excluding carboxylic acids is 2. The molecule has 0 amide bonds. The standard InChI is InChI=1S/C24H28O3/c1-2-3-4-5-6-7-8-11-17-27-21-16-12-15-20-22(21)24(26)19-14-10-9-13-18(19)23(20)25/h9-10,12-16H,2-8,11,17H2,1H3. The molecule has 142 valence electrons. The molecule has 0 atom stereocenters. The summed E-state index contributed by atoms with van der Waals surface area (Å²) in [6, 6.07) is 12.3. The van der Waals surface area contributed by atoms with Crippen LogP contribution in [0.4, 0.5) is 0 Å². The molecule has 3 rings (SSSR count). The van der Waals surface area contributed by atoms with Gasteiger partial charge in [-0.05, 0) is 12.5 Å². The van der Waals surface area contributed by atoms with Crippen molar-refractivity contribution in [2.75, 3.05) is 6.61 Å². The normalized spacial score (nSPS) is 12.6. The van der Waals surface area contributed by atoms with E-state index in [9.17, 15) is 9.59 Å². The van der Waals surface area contributed by atoms with Crippen LogP contribution in [0, 0.1) is 0 Å². The van der Waals surface area contributed by atoms with Crippen molar-refractivity contribution in [3.05, 3.63) is 64.7 Å². The number of rotatable bonds is 10. The number of hydrogen-bond donors (Lipinski definition) is 0. The van der Waals surface area contributed by atoms with E-state index in [1.165, 1.54) is 38.5 Å². The van der Waals surface area contributed by atoms with Gasteiger partial charge in [0, 0.05) is 16.7 Å². The zero-order valence-electron chi connectivity index (χ0n) is 16.1. The van der Waals surface area contributed by atoms with Gasteiger partial charge in [-0.15, -0.1) is 0 Å². The van der Waals surface area contributed by atoms with Gasteiger partial charge in [0.25, 0.3) is 0 Å². The molecule has 27 heavy (non-hydrogen) atoms. The molecule has 1 aliphatic carbocycles. The number of carbonyl (C=O) groups is 2. The third-order valence-electron chi connectivity index (χ3n) is 5.17. The lowest BCUT2D eigenvalue weighted by Crippen LogP contribution is -2.21. The van der Waals surface area contributed by atoms with E-state index in [0.29, 0.717) is 34.6 Å². The molecule has 0 aromatic heterocycles. The lowest BCUT2D eigenvalue weighted by atomic mass is 9.83. The van der Waals surface area contributed by atoms with Gasteiger partial charge in [-0.3, -0.25) is 9.59 Å². The van der Waals surface area contributed by atoms with Crippen molar-refractivity contribution in [2.45, 2.75) is 58.3 Å². The third kappa shape index (κ3) is 4.47. The first kappa shape index (κ1) is 19.3. The van der Waals surface area contributed by atoms with E-state index in [-0.39, 0.29) is 11.6 Å². The van der Waals surface area contributed by atoms with Crippen LogP contribution in [0.5, 0.6) is 5.75 Å². The first-order valence-corrected chi connectivity index (χ1v) is 10.2. The minimum absolute atomic E-state index is 0.0993. The number of benzene rings is 2. The Bertz CT molecular complexity index is 807. The summed E-state index contributed by atoms with van der Waals surface area (Å²) in [6.45, 7) is 2.81. The molecule has 3 nitrogen and oxygen atoms in total. The van der Waals surface area contributed by atoms with Crippen LogP contribution in [0.25, 0.3) is 0 Å². The van der Waals surface area contributed by atoms with Crippen molar-refractivity contribution in [1.82, 2.24) is 0 Å². The Balaban J connectivity index is 1.58. The highest BCUT2D eigenvalue weighted by molar-refractivity contribution is 6.29. The summed E-state index contributed by atoms with van der Waals surface area (Å²) in [6.07, 6.45) is 9.87. The molecule has 0 heterocycles. The summed E-state index contributed by atoms with van der Waals surface area (Å²) in [5.74, 6) is 0.313. The summed E-state index contributed by atoms with van der Waals surface area (Å²) < 4.78 is 5.91. The Hall–Kier alpha value is -2.42. The molecule has 3 heteroatoms. The van der Waals surface area contributed by atoms with Gasteiger partial charge in [0.05, 0.1) is 12.2 Å². The van der Waals surface area contributed by atoms with Crippen LogP contribution in [0.2, 0.25) is 0 Å². The fourth-order valence-electron chi connectivity index (χ4n) is 3.65. The predicted octanol–water partition coefficient (Wildman–Crippen LogP) is 5.98. The van der Waals surface area contributed by atoms with Gasteiger partial charge in [0.2, 0.25) is 0 Å². The fraction of sp³-hybridized carbons (Fsp3) is 0.417. The molecule has 0 spiro atoms. The Morgan fingerprint density at radius 2 is 1.26 bits per heavy atom. The smallest absolute Gasteiger partial charge is 0.198 e. The van der Waals surface area contributed by atoms with Crippen LogP contribution in [0.1, 0.15) is 90.1 Å². The van der Waals surface area contributed by atoms with Gasteiger partial charge in [-0.1, -0.05) is 88.3 Å². The van der Waals surface area contributed by atoms with Crippen molar-refractivity contribution in [3.8, 4) is 5.75 Å². The fourth-order valence-corrected chi connectivity index (χ4v) is 3.65. The van der Waals surface area contributed by atoms with E-state index in [4.69, 9.17) is 4.74 Å². The zero-order valence-corrected chi connectivity index (χ0v) is 16.1. The van der Waals surface area contributed by atoms with Crippen LogP contribution >= 0.6 is 0 Å². The molecule has 0 aliphatic heterocycles. The van der Waals surface area contributed by atoms with Crippen molar-refractivity contribution in [2.24, 2.45) is 0 Å². The maximum Gasteiger partial charge on any atom is 0.198 e. The van der Waals surface area contributed by atoms with Gasteiger partial charge in [-0.2, -0.15) is 0 Å². The first-order chi connectivity index (χ1) is 13.2. The van der Waals surface area contributed by atoms with Crippen LogP contribution in [0.3, 0.4) is 0 Å². The van der Waals surface area contributed by atoms with Gasteiger partial charge in [0.1, 0.15) is 5.75 Å². The minimum atomic E-state index is -0.119. The molecule has 0 fully saturated rings. The SMILES string of the molecule is CCCCCCCCCCOc1cccc2c1C(=O)c1ccccc1C2=O. The zero-order chi connectivity index (χ0) is 19.1. The molecule has 0 unspecified atom stereocenters. The van der Waals surface area contributed by atoms with Crippen molar-refractivity contribution < 1.29 is 14.3 Å². The molecular formula is C24H28O3. The second-order valence-electron chi connectivity index (χ2n) is 7.21. The monoisotopic (exact) mass is 364 g/mol. The average molecular weight is 364 g/mol. The highest BCUT2D eigenvalue weighted by atomic mass is 16.5. The molecule has 2 aromatic carbocycles. The number of ketones is 2. The van der Waals surface area contributed by atoms with Crippen molar-refractivity contribution in [1.29, 1.82) is 0 Å². The average Bonchev–Trinajstić information content (AvgIpc) is 2.70. The van der Waals surface area contributed by atoms with Crippen molar-refractivity contribution >= 4 is 11.6 Å². The number of fused-ring (bicyclic) bond motifs is 2. The minimum Gasteiger partial charge on any atom is -0.493 e. The van der Waals surface area contributed by atoms with Gasteiger partial charge < -0.3 is 4.74 Å². The van der Waals surface area contributed by atoms with E-state index < -0.39 is 0 Å². The lowest BCUT2D eigenvalue weighted by molar-refractivity contribution is 0.0975. The maximum atomic E-state index is 12.9. The quantitative estimate of drug-likeness (QED) is 0.416. The van der Waals surface area contributed by atoms with E-state index in [1.54, 1.807) is 42.5 Å². The highest BCUT2D eigenvalue weighted by Gasteiger charge is 2.31. The highest BCUT2D eigenvalue weighted by Crippen LogP contribution is 2.33. The summed E-state index contributed by atoms with van der Waals surface area (Å²) in [5.41, 5.74) is 1.82. The summed E-state index contributed by atoms with van der Waals surface area (Å²) in [4.78, 5) is 25.6. The van der Waals surface area contributed by atoms with Crippen LogP contribution in [-0.2, 0) is 0 Å². The second-order valence-corrected chi connectivity index (χ2v) is 7.21. The summed E-state index contributed by atoms with van der Waals surface area (Å²) >= 11 is 0. The van der Waals surface area contributed by atoms with E-state index in [1.807, 2.05) is 0 Å². The molecule has 0 N–H and O–H groups in total. The van der Waals surface area contributed by atoms with E-state index in [0.717, 1.165) is 12.8 Å². The topological polar surface area (TPSA) is 43.4 Å². The summed E-state index contributed by atoms with van der Waals surface area (Å²) in [5, 5.41) is 0. The van der Waals surface area contributed by atoms with Crippen molar-refractivity contribution in [3.63, 3.8) is 0 Å². The molecule has 1 aliphatic rings. The Morgan fingerprint density at radius 1 is 0.667 bits per heavy atom. The van der Waals surface area contributed by atoms with E-state index >= 15 is 0 Å². The Labute approximate surface area is 161 Å².